The van der Waals surface area contributed by atoms with Crippen LogP contribution < -0.4 is 5.32 Å². The first kappa shape index (κ1) is 16.1. The number of urea groups is 1. The number of carbonyl (C=O) groups is 1. The van der Waals surface area contributed by atoms with E-state index in [0.29, 0.717) is 6.54 Å². The predicted molar refractivity (Wildman–Crippen MR) is 98.9 cm³/mol. The molecule has 3 saturated heterocycles. The molecule has 2 aromatic rings. The Kier molecular flexibility index (Phi) is 3.71. The van der Waals surface area contributed by atoms with Crippen LogP contribution in [0.15, 0.2) is 18.2 Å². The van der Waals surface area contributed by atoms with Crippen LogP contribution in [0.1, 0.15) is 49.5 Å². The van der Waals surface area contributed by atoms with E-state index in [1.807, 2.05) is 11.0 Å². The van der Waals surface area contributed by atoms with Crippen LogP contribution in [0.3, 0.4) is 0 Å². The van der Waals surface area contributed by atoms with E-state index in [-0.39, 0.29) is 17.7 Å². The summed E-state index contributed by atoms with van der Waals surface area (Å²) >= 11 is 0. The third kappa shape index (κ3) is 2.67. The molecule has 2 amide bonds. The van der Waals surface area contributed by atoms with Crippen LogP contribution in [-0.2, 0) is 4.74 Å². The number of aryl methyl sites for hydroxylation is 1. The van der Waals surface area contributed by atoms with Crippen LogP contribution in [-0.4, -0.2) is 46.2 Å². The van der Waals surface area contributed by atoms with E-state index >= 15 is 0 Å². The first-order valence-corrected chi connectivity index (χ1v) is 9.77. The van der Waals surface area contributed by atoms with Crippen molar-refractivity contribution in [3.05, 3.63) is 29.6 Å². The summed E-state index contributed by atoms with van der Waals surface area (Å²) in [5, 5.41) is 3.11. The molecule has 1 aromatic heterocycles. The molecule has 26 heavy (non-hydrogen) atoms. The van der Waals surface area contributed by atoms with Crippen LogP contribution in [0.2, 0.25) is 0 Å². The minimum atomic E-state index is 0.0226. The Morgan fingerprint density at radius 3 is 3.15 bits per heavy atom. The molecule has 0 radical (unpaired) electrons. The van der Waals surface area contributed by atoms with Gasteiger partial charge in [-0.1, -0.05) is 6.07 Å². The number of ether oxygens (including phenoxy) is 1. The summed E-state index contributed by atoms with van der Waals surface area (Å²) in [6, 6.07) is 6.28. The zero-order valence-corrected chi connectivity index (χ0v) is 15.3. The maximum Gasteiger partial charge on any atom is 0.318 e. The van der Waals surface area contributed by atoms with Crippen molar-refractivity contribution in [3.8, 4) is 0 Å². The van der Waals surface area contributed by atoms with E-state index in [4.69, 9.17) is 9.72 Å². The fourth-order valence-electron chi connectivity index (χ4n) is 4.89. The highest BCUT2D eigenvalue weighted by molar-refractivity contribution is 5.77. The molecule has 3 aliphatic heterocycles. The van der Waals surface area contributed by atoms with Gasteiger partial charge in [-0.3, -0.25) is 0 Å². The van der Waals surface area contributed by atoms with Gasteiger partial charge in [-0.25, -0.2) is 9.78 Å². The second-order valence-electron chi connectivity index (χ2n) is 8.24. The van der Waals surface area contributed by atoms with Gasteiger partial charge in [-0.05, 0) is 62.6 Å². The van der Waals surface area contributed by atoms with E-state index in [1.165, 1.54) is 18.4 Å². The molecule has 2 N–H and O–H groups in total. The van der Waals surface area contributed by atoms with E-state index < -0.39 is 0 Å². The standard InChI is InChI=1S/C20H26N4O2/c1-13-4-5-15-16(9-13)23-18(22-15)17-3-2-8-24(17)19(25)21-7-6-20-10-14(11-20)12-26-20/h4-5,9,14,17H,2-3,6-8,10-12H2,1H3,(H,21,25)(H,22,23). The van der Waals surface area contributed by atoms with Crippen LogP contribution in [0.4, 0.5) is 4.79 Å². The second-order valence-corrected chi connectivity index (χ2v) is 8.24. The SMILES string of the molecule is Cc1ccc2nc(C3CCCN3C(=O)NCCC34CC(CO3)C4)[nH]c2c1. The molecular weight excluding hydrogens is 328 g/mol. The highest BCUT2D eigenvalue weighted by atomic mass is 16.5. The minimum Gasteiger partial charge on any atom is -0.375 e. The zero-order valence-electron chi connectivity index (χ0n) is 15.3. The first-order chi connectivity index (χ1) is 12.6. The average molecular weight is 354 g/mol. The Hall–Kier alpha value is -2.08. The summed E-state index contributed by atoms with van der Waals surface area (Å²) in [7, 11) is 0. The summed E-state index contributed by atoms with van der Waals surface area (Å²) in [6.07, 6.45) is 5.25. The number of likely N-dealkylation sites (tertiary alicyclic amines) is 1. The summed E-state index contributed by atoms with van der Waals surface area (Å²) in [5.74, 6) is 1.67. The number of benzene rings is 1. The molecule has 4 aliphatic rings. The minimum absolute atomic E-state index is 0.0226. The lowest BCUT2D eigenvalue weighted by atomic mass is 9.73. The average Bonchev–Trinajstić information content (AvgIpc) is 3.35. The largest absolute Gasteiger partial charge is 0.375 e. The van der Waals surface area contributed by atoms with Gasteiger partial charge in [0.25, 0.3) is 0 Å². The molecule has 1 saturated carbocycles. The van der Waals surface area contributed by atoms with Crippen LogP contribution in [0.5, 0.6) is 0 Å². The highest BCUT2D eigenvalue weighted by Gasteiger charge is 2.51. The molecule has 2 bridgehead atoms. The highest BCUT2D eigenvalue weighted by Crippen LogP contribution is 2.50. The number of amides is 2. The third-order valence-electron chi connectivity index (χ3n) is 6.29. The fraction of sp³-hybridized carbons (Fsp3) is 0.600. The van der Waals surface area contributed by atoms with Crippen molar-refractivity contribution in [2.75, 3.05) is 19.7 Å². The van der Waals surface area contributed by atoms with Gasteiger partial charge in [-0.2, -0.15) is 0 Å². The monoisotopic (exact) mass is 354 g/mol. The van der Waals surface area contributed by atoms with Gasteiger partial charge in [0.15, 0.2) is 0 Å². The number of aromatic nitrogens is 2. The second kappa shape index (κ2) is 5.98. The van der Waals surface area contributed by atoms with E-state index in [1.54, 1.807) is 0 Å². The Morgan fingerprint density at radius 1 is 1.46 bits per heavy atom. The lowest BCUT2D eigenvalue weighted by molar-refractivity contribution is -0.00497. The van der Waals surface area contributed by atoms with Crippen molar-refractivity contribution in [3.63, 3.8) is 0 Å². The van der Waals surface area contributed by atoms with Crippen LogP contribution in [0.25, 0.3) is 11.0 Å². The summed E-state index contributed by atoms with van der Waals surface area (Å²) in [6.45, 7) is 4.46. The molecular formula is C20H26N4O2. The Balaban J connectivity index is 1.24. The van der Waals surface area contributed by atoms with E-state index in [2.05, 4.69) is 29.4 Å². The maximum atomic E-state index is 12.7. The lowest BCUT2D eigenvalue weighted by Gasteiger charge is -2.36. The molecule has 1 unspecified atom stereocenters. The third-order valence-corrected chi connectivity index (χ3v) is 6.29. The number of hydrogen-bond acceptors (Lipinski definition) is 3. The number of H-pyrrole nitrogens is 1. The van der Waals surface area contributed by atoms with Crippen molar-refractivity contribution < 1.29 is 9.53 Å². The predicted octanol–water partition coefficient (Wildman–Crippen LogP) is 3.29. The van der Waals surface area contributed by atoms with E-state index in [0.717, 1.165) is 55.2 Å². The molecule has 6 rings (SSSR count). The molecule has 6 nitrogen and oxygen atoms in total. The van der Waals surface area contributed by atoms with Crippen molar-refractivity contribution in [2.24, 2.45) is 5.92 Å². The van der Waals surface area contributed by atoms with Crippen molar-refractivity contribution in [2.45, 2.75) is 50.7 Å². The van der Waals surface area contributed by atoms with Gasteiger partial charge in [0.05, 0.1) is 29.3 Å². The van der Waals surface area contributed by atoms with Gasteiger partial charge in [0.2, 0.25) is 0 Å². The van der Waals surface area contributed by atoms with Crippen LogP contribution >= 0.6 is 0 Å². The molecule has 1 atom stereocenters. The van der Waals surface area contributed by atoms with Gasteiger partial charge < -0.3 is 19.9 Å². The molecule has 1 aromatic carbocycles. The normalized spacial score (nSPS) is 30.0. The maximum absolute atomic E-state index is 12.7. The number of carbonyl (C=O) groups excluding carboxylic acids is 1. The quantitative estimate of drug-likeness (QED) is 0.885. The van der Waals surface area contributed by atoms with Gasteiger partial charge in [-0.15, -0.1) is 0 Å². The Bertz CT molecular complexity index is 834. The molecule has 4 fully saturated rings. The molecule has 1 aliphatic carbocycles. The number of hydrogen-bond donors (Lipinski definition) is 2. The zero-order chi connectivity index (χ0) is 17.7. The number of aromatic amines is 1. The summed E-state index contributed by atoms with van der Waals surface area (Å²) in [4.78, 5) is 22.8. The lowest BCUT2D eigenvalue weighted by Crippen LogP contribution is -2.44. The van der Waals surface area contributed by atoms with Crippen molar-refractivity contribution in [1.29, 1.82) is 0 Å². The summed E-state index contributed by atoms with van der Waals surface area (Å²) in [5.41, 5.74) is 3.29. The number of rotatable bonds is 4. The van der Waals surface area contributed by atoms with Gasteiger partial charge in [0.1, 0.15) is 5.82 Å². The van der Waals surface area contributed by atoms with Crippen LogP contribution in [0, 0.1) is 12.8 Å². The number of fused-ring (bicyclic) bond motifs is 2. The Morgan fingerprint density at radius 2 is 2.35 bits per heavy atom. The number of nitrogens with zero attached hydrogens (tertiary/aromatic N) is 2. The first-order valence-electron chi connectivity index (χ1n) is 9.77. The Labute approximate surface area is 153 Å². The van der Waals surface area contributed by atoms with Gasteiger partial charge in [0, 0.05) is 13.1 Å². The summed E-state index contributed by atoms with van der Waals surface area (Å²) < 4.78 is 5.88. The topological polar surface area (TPSA) is 70.2 Å². The number of imidazole rings is 1. The van der Waals surface area contributed by atoms with Gasteiger partial charge >= 0.3 is 6.03 Å². The molecule has 138 valence electrons. The van der Waals surface area contributed by atoms with Crippen molar-refractivity contribution in [1.82, 2.24) is 20.2 Å². The molecule has 0 spiro atoms. The smallest absolute Gasteiger partial charge is 0.318 e. The molecule has 4 heterocycles. The molecule has 6 heteroatoms. The number of nitrogens with one attached hydrogen (secondary N) is 2. The van der Waals surface area contributed by atoms with Crippen molar-refractivity contribution >= 4 is 17.1 Å². The fourth-order valence-corrected chi connectivity index (χ4v) is 4.89. The van der Waals surface area contributed by atoms with E-state index in [9.17, 15) is 4.79 Å².